The number of nitrogens with zero attached hydrogens (tertiary/aromatic N) is 2. The number of Topliss-reactive ketones (excluding diaryl/α,β-unsaturated/α-hetero) is 1. The van der Waals surface area contributed by atoms with E-state index >= 15 is 0 Å². The van der Waals surface area contributed by atoms with Gasteiger partial charge in [-0.3, -0.25) is 10.1 Å². The smallest absolute Gasteiger partial charge is 0.411 e. The van der Waals surface area contributed by atoms with Gasteiger partial charge in [0.2, 0.25) is 0 Å². The molecule has 162 valence electrons. The van der Waals surface area contributed by atoms with Gasteiger partial charge in [-0.2, -0.15) is 0 Å². The lowest BCUT2D eigenvalue weighted by atomic mass is 9.89. The highest BCUT2D eigenvalue weighted by molar-refractivity contribution is 5.98. The number of para-hydroxylation sites is 1. The summed E-state index contributed by atoms with van der Waals surface area (Å²) in [6.07, 6.45) is 3.36. The van der Waals surface area contributed by atoms with Crippen molar-refractivity contribution in [3.63, 3.8) is 0 Å². The predicted molar refractivity (Wildman–Crippen MR) is 116 cm³/mol. The minimum atomic E-state index is -0.501. The minimum absolute atomic E-state index is 0.0199. The van der Waals surface area contributed by atoms with Crippen molar-refractivity contribution in [3.05, 3.63) is 60.2 Å². The highest BCUT2D eigenvalue weighted by atomic mass is 19.1. The second-order valence-electron chi connectivity index (χ2n) is 7.71. The van der Waals surface area contributed by atoms with Crippen molar-refractivity contribution < 1.29 is 18.7 Å². The summed E-state index contributed by atoms with van der Waals surface area (Å²) in [5.41, 5.74) is 2.72. The summed E-state index contributed by atoms with van der Waals surface area (Å²) in [5, 5.41) is 2.73. The van der Waals surface area contributed by atoms with Crippen molar-refractivity contribution in [2.75, 3.05) is 31.6 Å². The first-order valence-corrected chi connectivity index (χ1v) is 10.5. The van der Waals surface area contributed by atoms with Gasteiger partial charge in [-0.1, -0.05) is 6.07 Å². The number of imidazole rings is 1. The maximum absolute atomic E-state index is 13.0. The van der Waals surface area contributed by atoms with Crippen LogP contribution in [0.3, 0.4) is 0 Å². The number of fused-ring (bicyclic) bond motifs is 1. The number of ether oxygens (including phenoxy) is 1. The van der Waals surface area contributed by atoms with Gasteiger partial charge < -0.3 is 14.6 Å². The Hall–Kier alpha value is -3.26. The highest BCUT2D eigenvalue weighted by Gasteiger charge is 2.25. The third kappa shape index (κ3) is 5.27. The molecule has 1 aliphatic rings. The first kappa shape index (κ1) is 21.0. The molecule has 8 heteroatoms. The fourth-order valence-corrected chi connectivity index (χ4v) is 3.93. The van der Waals surface area contributed by atoms with Crippen molar-refractivity contribution in [1.82, 2.24) is 14.9 Å². The van der Waals surface area contributed by atoms with Crippen molar-refractivity contribution >= 4 is 28.6 Å². The number of carbonyl (C=O) groups excluding carboxylic acids is 2. The molecule has 0 spiro atoms. The van der Waals surface area contributed by atoms with Crippen molar-refractivity contribution in [2.24, 2.45) is 5.92 Å². The average Bonchev–Trinajstić information content (AvgIpc) is 3.27. The first-order valence-electron chi connectivity index (χ1n) is 10.5. The highest BCUT2D eigenvalue weighted by Crippen LogP contribution is 2.22. The number of aromatic amines is 1. The normalized spacial score (nSPS) is 15.1. The van der Waals surface area contributed by atoms with Gasteiger partial charge in [0.25, 0.3) is 0 Å². The summed E-state index contributed by atoms with van der Waals surface area (Å²) in [7, 11) is 0. The molecule has 1 saturated heterocycles. The summed E-state index contributed by atoms with van der Waals surface area (Å²) in [6, 6.07) is 11.3. The number of piperidine rings is 1. The molecule has 1 fully saturated rings. The fraction of sp³-hybridized carbons (Fsp3) is 0.348. The Kier molecular flexibility index (Phi) is 6.57. The molecule has 0 saturated carbocycles. The van der Waals surface area contributed by atoms with Gasteiger partial charge in [-0.15, -0.1) is 0 Å². The SMILES string of the molecule is O=C(Nc1cccc2[nH]cnc12)OCCCN1CCC(C(=O)c2ccc(F)cc2)CC1. The molecule has 1 aromatic heterocycles. The average molecular weight is 424 g/mol. The van der Waals surface area contributed by atoms with Crippen LogP contribution in [0.15, 0.2) is 48.8 Å². The Morgan fingerprint density at radius 1 is 1.16 bits per heavy atom. The van der Waals surface area contributed by atoms with Crippen molar-refractivity contribution in [2.45, 2.75) is 19.3 Å². The summed E-state index contributed by atoms with van der Waals surface area (Å²) in [6.45, 7) is 2.77. The second kappa shape index (κ2) is 9.70. The van der Waals surface area contributed by atoms with Crippen LogP contribution in [0, 0.1) is 11.7 Å². The number of ketones is 1. The topological polar surface area (TPSA) is 87.3 Å². The zero-order chi connectivity index (χ0) is 21.6. The lowest BCUT2D eigenvalue weighted by Crippen LogP contribution is -2.37. The van der Waals surface area contributed by atoms with Gasteiger partial charge >= 0.3 is 6.09 Å². The van der Waals surface area contributed by atoms with E-state index < -0.39 is 6.09 Å². The van der Waals surface area contributed by atoms with Crippen LogP contribution < -0.4 is 5.32 Å². The minimum Gasteiger partial charge on any atom is -0.449 e. The van der Waals surface area contributed by atoms with Crippen molar-refractivity contribution in [3.8, 4) is 0 Å². The van der Waals surface area contributed by atoms with E-state index in [1.807, 2.05) is 12.1 Å². The van der Waals surface area contributed by atoms with E-state index in [1.165, 1.54) is 12.1 Å². The number of hydrogen-bond donors (Lipinski definition) is 2. The Labute approximate surface area is 179 Å². The van der Waals surface area contributed by atoms with Gasteiger partial charge in [0, 0.05) is 18.0 Å². The van der Waals surface area contributed by atoms with Crippen LogP contribution in [0.5, 0.6) is 0 Å². The Balaban J connectivity index is 1.15. The third-order valence-corrected chi connectivity index (χ3v) is 5.63. The summed E-state index contributed by atoms with van der Waals surface area (Å²) in [4.78, 5) is 34.1. The first-order chi connectivity index (χ1) is 15.1. The van der Waals surface area contributed by atoms with Crippen LogP contribution in [0.2, 0.25) is 0 Å². The molecule has 3 aromatic rings. The Morgan fingerprint density at radius 3 is 2.71 bits per heavy atom. The quantitative estimate of drug-likeness (QED) is 0.438. The van der Waals surface area contributed by atoms with Gasteiger partial charge in [0.15, 0.2) is 5.78 Å². The molecule has 0 atom stereocenters. The summed E-state index contributed by atoms with van der Waals surface area (Å²) >= 11 is 0. The maximum atomic E-state index is 13.0. The van der Waals surface area contributed by atoms with Gasteiger partial charge in [-0.25, -0.2) is 14.2 Å². The third-order valence-electron chi connectivity index (χ3n) is 5.63. The molecule has 31 heavy (non-hydrogen) atoms. The van der Waals surface area contributed by atoms with Crippen LogP contribution in [-0.2, 0) is 4.74 Å². The number of nitrogens with one attached hydrogen (secondary N) is 2. The van der Waals surface area contributed by atoms with Crippen LogP contribution in [0.4, 0.5) is 14.9 Å². The molecular formula is C23H25FN4O3. The van der Waals surface area contributed by atoms with Gasteiger partial charge in [0.05, 0.1) is 24.1 Å². The number of likely N-dealkylation sites (tertiary alicyclic amines) is 1. The van der Waals surface area contributed by atoms with Crippen molar-refractivity contribution in [1.29, 1.82) is 0 Å². The standard InChI is InChI=1S/C23H25FN4O3/c24-18-7-5-16(6-8-18)22(29)17-9-12-28(13-10-17)11-2-14-31-23(30)27-20-4-1-3-19-21(20)26-15-25-19/h1,3-8,15,17H,2,9-14H2,(H,25,26)(H,27,30). The molecule has 7 nitrogen and oxygen atoms in total. The Bertz CT molecular complexity index is 1040. The summed E-state index contributed by atoms with van der Waals surface area (Å²) in [5.74, 6) is -0.263. The summed E-state index contributed by atoms with van der Waals surface area (Å²) < 4.78 is 18.3. The number of rotatable bonds is 7. The van der Waals surface area contributed by atoms with E-state index in [4.69, 9.17) is 4.74 Å². The number of benzene rings is 2. The molecule has 1 aliphatic heterocycles. The van der Waals surface area contributed by atoms with Crippen LogP contribution in [0.25, 0.3) is 11.0 Å². The van der Waals surface area contributed by atoms with E-state index in [0.29, 0.717) is 23.4 Å². The molecule has 0 unspecified atom stereocenters. The van der Waals surface area contributed by atoms with E-state index in [9.17, 15) is 14.0 Å². The van der Waals surface area contributed by atoms with Crippen LogP contribution >= 0.6 is 0 Å². The number of halogens is 1. The monoisotopic (exact) mass is 424 g/mol. The van der Waals surface area contributed by atoms with Gasteiger partial charge in [0.1, 0.15) is 11.3 Å². The molecule has 2 heterocycles. The van der Waals surface area contributed by atoms with Gasteiger partial charge in [-0.05, 0) is 68.8 Å². The molecule has 2 N–H and O–H groups in total. The number of anilines is 1. The maximum Gasteiger partial charge on any atom is 0.411 e. The predicted octanol–water partition coefficient (Wildman–Crippen LogP) is 4.24. The van der Waals surface area contributed by atoms with E-state index in [-0.39, 0.29) is 17.5 Å². The molecule has 4 rings (SSSR count). The zero-order valence-electron chi connectivity index (χ0n) is 17.1. The number of carbonyl (C=O) groups is 2. The molecule has 2 aromatic carbocycles. The lowest BCUT2D eigenvalue weighted by Gasteiger charge is -2.31. The van der Waals surface area contributed by atoms with E-state index in [0.717, 1.165) is 44.4 Å². The lowest BCUT2D eigenvalue weighted by molar-refractivity contribution is 0.0830. The number of amides is 1. The molecule has 0 aliphatic carbocycles. The molecule has 1 amide bonds. The van der Waals surface area contributed by atoms with Crippen LogP contribution in [-0.4, -0.2) is 53.0 Å². The second-order valence-corrected chi connectivity index (χ2v) is 7.71. The number of hydrogen-bond acceptors (Lipinski definition) is 5. The number of H-pyrrole nitrogens is 1. The van der Waals surface area contributed by atoms with Crippen LogP contribution in [0.1, 0.15) is 29.6 Å². The molecular weight excluding hydrogens is 399 g/mol. The Morgan fingerprint density at radius 2 is 1.94 bits per heavy atom. The zero-order valence-corrected chi connectivity index (χ0v) is 17.1. The largest absolute Gasteiger partial charge is 0.449 e. The van der Waals surface area contributed by atoms with E-state index in [2.05, 4.69) is 20.2 Å². The molecule has 0 radical (unpaired) electrons. The van der Waals surface area contributed by atoms with E-state index in [1.54, 1.807) is 24.5 Å². The molecule has 0 bridgehead atoms. The fourth-order valence-electron chi connectivity index (χ4n) is 3.93. The number of aromatic nitrogens is 2.